The summed E-state index contributed by atoms with van der Waals surface area (Å²) >= 11 is 6.45. The Bertz CT molecular complexity index is 1260. The number of aromatic carboxylic acids is 1. The van der Waals surface area contributed by atoms with E-state index in [0.717, 1.165) is 34.4 Å². The molecule has 1 amide bonds. The number of halogens is 1. The minimum atomic E-state index is -1.08. The first-order valence-corrected chi connectivity index (χ1v) is 11.8. The van der Waals surface area contributed by atoms with Gasteiger partial charge in [0.15, 0.2) is 0 Å². The number of carboxylic acids is 1. The van der Waals surface area contributed by atoms with Crippen molar-refractivity contribution in [3.63, 3.8) is 0 Å². The second-order valence-corrected chi connectivity index (χ2v) is 8.94. The second-order valence-electron chi connectivity index (χ2n) is 8.53. The van der Waals surface area contributed by atoms with E-state index in [4.69, 9.17) is 21.4 Å². The standard InChI is InChI=1S/C27H26ClN3O4/c1-3-16(2)23-7-4-17(13-29-23)5-9-25(32)31-15-21-11-20-10-19(12-22(28)26(20)35-21)18-6-8-24(27(33)34)30-14-18/h4-10,12-14,16,21H,3,11,15H2,1-2H3,(H,31,32)(H,33,34). The number of ether oxygens (including phenoxy) is 1. The van der Waals surface area contributed by atoms with Gasteiger partial charge < -0.3 is 15.2 Å². The smallest absolute Gasteiger partial charge is 0.354 e. The summed E-state index contributed by atoms with van der Waals surface area (Å²) in [6.07, 6.45) is 7.89. The van der Waals surface area contributed by atoms with Crippen molar-refractivity contribution in [1.29, 1.82) is 0 Å². The van der Waals surface area contributed by atoms with Gasteiger partial charge in [-0.25, -0.2) is 9.78 Å². The molecule has 8 heteroatoms. The first kappa shape index (κ1) is 24.4. The van der Waals surface area contributed by atoms with E-state index < -0.39 is 5.97 Å². The maximum absolute atomic E-state index is 12.3. The third-order valence-electron chi connectivity index (χ3n) is 6.03. The topological polar surface area (TPSA) is 101 Å². The largest absolute Gasteiger partial charge is 0.486 e. The summed E-state index contributed by atoms with van der Waals surface area (Å²) in [6.45, 7) is 4.60. The molecule has 0 bridgehead atoms. The van der Waals surface area contributed by atoms with Gasteiger partial charge in [-0.3, -0.25) is 9.78 Å². The van der Waals surface area contributed by atoms with E-state index in [1.165, 1.54) is 18.3 Å². The molecule has 2 N–H and O–H groups in total. The number of carbonyl (C=O) groups is 2. The summed E-state index contributed by atoms with van der Waals surface area (Å²) in [5.41, 5.74) is 4.39. The van der Waals surface area contributed by atoms with Gasteiger partial charge >= 0.3 is 5.97 Å². The van der Waals surface area contributed by atoms with Crippen LogP contribution in [0.15, 0.2) is 54.9 Å². The minimum Gasteiger partial charge on any atom is -0.486 e. The fourth-order valence-corrected chi connectivity index (χ4v) is 4.10. The van der Waals surface area contributed by atoms with Crippen LogP contribution in [0.3, 0.4) is 0 Å². The van der Waals surface area contributed by atoms with Gasteiger partial charge in [0.25, 0.3) is 0 Å². The molecule has 7 nitrogen and oxygen atoms in total. The molecule has 0 aliphatic carbocycles. The first-order chi connectivity index (χ1) is 16.8. The number of aromatic nitrogens is 2. The van der Waals surface area contributed by atoms with Crippen LogP contribution in [0.25, 0.3) is 17.2 Å². The molecule has 1 aromatic carbocycles. The van der Waals surface area contributed by atoms with Crippen molar-refractivity contribution in [2.75, 3.05) is 6.54 Å². The maximum Gasteiger partial charge on any atom is 0.354 e. The van der Waals surface area contributed by atoms with Crippen molar-refractivity contribution in [1.82, 2.24) is 15.3 Å². The quantitative estimate of drug-likeness (QED) is 0.423. The second kappa shape index (κ2) is 10.7. The predicted octanol–water partition coefficient (Wildman–Crippen LogP) is 5.14. The van der Waals surface area contributed by atoms with Crippen LogP contribution in [-0.2, 0) is 11.2 Å². The van der Waals surface area contributed by atoms with Gasteiger partial charge in [-0.1, -0.05) is 37.6 Å². The van der Waals surface area contributed by atoms with E-state index in [1.807, 2.05) is 18.2 Å². The van der Waals surface area contributed by atoms with Gasteiger partial charge in [0.05, 0.1) is 11.6 Å². The third kappa shape index (κ3) is 5.87. The molecule has 0 spiro atoms. The lowest BCUT2D eigenvalue weighted by atomic mass is 10.0. The number of carboxylic acid groups (broad SMARTS) is 1. The van der Waals surface area contributed by atoms with Gasteiger partial charge in [0, 0.05) is 41.7 Å². The van der Waals surface area contributed by atoms with E-state index in [9.17, 15) is 9.59 Å². The van der Waals surface area contributed by atoms with Gasteiger partial charge in [0.2, 0.25) is 5.91 Å². The average molecular weight is 492 g/mol. The number of nitrogens with one attached hydrogen (secondary N) is 1. The van der Waals surface area contributed by atoms with Crippen LogP contribution in [0.2, 0.25) is 5.02 Å². The number of rotatable bonds is 8. The lowest BCUT2D eigenvalue weighted by Crippen LogP contribution is -2.33. The van der Waals surface area contributed by atoms with Gasteiger partial charge in [0.1, 0.15) is 17.5 Å². The molecular formula is C27H26ClN3O4. The zero-order chi connectivity index (χ0) is 24.9. The summed E-state index contributed by atoms with van der Waals surface area (Å²) in [5.74, 6) is -0.279. The lowest BCUT2D eigenvalue weighted by molar-refractivity contribution is -0.116. The minimum absolute atomic E-state index is 0.0198. The van der Waals surface area contributed by atoms with E-state index in [-0.39, 0.29) is 17.7 Å². The molecule has 2 atom stereocenters. The van der Waals surface area contributed by atoms with Crippen LogP contribution in [-0.4, -0.2) is 39.6 Å². The molecule has 1 aliphatic rings. The van der Waals surface area contributed by atoms with Crippen molar-refractivity contribution in [3.8, 4) is 16.9 Å². The van der Waals surface area contributed by atoms with Crippen LogP contribution in [0.1, 0.15) is 53.5 Å². The highest BCUT2D eigenvalue weighted by atomic mass is 35.5. The van der Waals surface area contributed by atoms with E-state index in [1.54, 1.807) is 24.4 Å². The van der Waals surface area contributed by atoms with Gasteiger partial charge in [-0.05, 0) is 53.8 Å². The zero-order valence-electron chi connectivity index (χ0n) is 19.5. The number of fused-ring (bicyclic) bond motifs is 1. The fourth-order valence-electron chi connectivity index (χ4n) is 3.82. The summed E-state index contributed by atoms with van der Waals surface area (Å²) < 4.78 is 5.96. The van der Waals surface area contributed by atoms with Crippen LogP contribution >= 0.6 is 11.6 Å². The van der Waals surface area contributed by atoms with Gasteiger partial charge in [-0.15, -0.1) is 0 Å². The summed E-state index contributed by atoms with van der Waals surface area (Å²) in [5, 5.41) is 12.4. The number of amides is 1. The monoisotopic (exact) mass is 491 g/mol. The number of hydrogen-bond acceptors (Lipinski definition) is 5. The Kier molecular flexibility index (Phi) is 7.46. The normalized spacial score (nSPS) is 15.5. The highest BCUT2D eigenvalue weighted by Gasteiger charge is 2.26. The Labute approximate surface area is 208 Å². The molecule has 0 saturated carbocycles. The van der Waals surface area contributed by atoms with Crippen molar-refractivity contribution in [2.24, 2.45) is 0 Å². The fraction of sp³-hybridized carbons (Fsp3) is 0.259. The molecule has 0 fully saturated rings. The molecule has 2 unspecified atom stereocenters. The Morgan fingerprint density at radius 1 is 1.20 bits per heavy atom. The van der Waals surface area contributed by atoms with Crippen molar-refractivity contribution < 1.29 is 19.4 Å². The zero-order valence-corrected chi connectivity index (χ0v) is 20.2. The Balaban J connectivity index is 1.34. The Morgan fingerprint density at radius 2 is 2.03 bits per heavy atom. The molecule has 0 radical (unpaired) electrons. The average Bonchev–Trinajstić information content (AvgIpc) is 3.30. The number of benzene rings is 1. The number of pyridine rings is 2. The molecule has 2 aromatic heterocycles. The first-order valence-electron chi connectivity index (χ1n) is 11.4. The number of nitrogens with zero attached hydrogens (tertiary/aromatic N) is 2. The summed E-state index contributed by atoms with van der Waals surface area (Å²) in [6, 6.07) is 10.8. The molecule has 4 rings (SSSR count). The van der Waals surface area contributed by atoms with Crippen LogP contribution in [0, 0.1) is 0 Å². The number of carbonyl (C=O) groups excluding carboxylic acids is 1. The Morgan fingerprint density at radius 3 is 2.69 bits per heavy atom. The molecule has 1 aliphatic heterocycles. The SMILES string of the molecule is CCC(C)c1ccc(C=CC(=O)NCC2Cc3cc(-c4ccc(C(=O)O)nc4)cc(Cl)c3O2)cn1. The van der Waals surface area contributed by atoms with Crippen molar-refractivity contribution >= 4 is 29.6 Å². The molecule has 3 aromatic rings. The predicted molar refractivity (Wildman–Crippen MR) is 135 cm³/mol. The van der Waals surface area contributed by atoms with E-state index in [0.29, 0.717) is 29.7 Å². The van der Waals surface area contributed by atoms with E-state index >= 15 is 0 Å². The highest BCUT2D eigenvalue weighted by Crippen LogP contribution is 2.39. The van der Waals surface area contributed by atoms with Crippen LogP contribution < -0.4 is 10.1 Å². The molecule has 3 heterocycles. The number of hydrogen-bond donors (Lipinski definition) is 2. The maximum atomic E-state index is 12.3. The molecular weight excluding hydrogens is 466 g/mol. The van der Waals surface area contributed by atoms with E-state index in [2.05, 4.69) is 29.1 Å². The molecule has 180 valence electrons. The molecule has 0 saturated heterocycles. The summed E-state index contributed by atoms with van der Waals surface area (Å²) in [7, 11) is 0. The Hall–Kier alpha value is -3.71. The van der Waals surface area contributed by atoms with Crippen LogP contribution in [0.4, 0.5) is 0 Å². The summed E-state index contributed by atoms with van der Waals surface area (Å²) in [4.78, 5) is 31.8. The van der Waals surface area contributed by atoms with Gasteiger partial charge in [-0.2, -0.15) is 0 Å². The lowest BCUT2D eigenvalue weighted by Gasteiger charge is -2.11. The highest BCUT2D eigenvalue weighted by molar-refractivity contribution is 6.32. The third-order valence-corrected chi connectivity index (χ3v) is 6.31. The molecule has 35 heavy (non-hydrogen) atoms. The van der Waals surface area contributed by atoms with Crippen LogP contribution in [0.5, 0.6) is 5.75 Å². The van der Waals surface area contributed by atoms with Crippen molar-refractivity contribution in [3.05, 3.63) is 82.4 Å². The van der Waals surface area contributed by atoms with Crippen molar-refractivity contribution in [2.45, 2.75) is 38.7 Å².